The fraction of sp³-hybridized carbons (Fsp3) is 1.00. The van der Waals surface area contributed by atoms with E-state index in [1.807, 2.05) is 40.1 Å². The minimum Gasteiger partial charge on any atom is -0.344 e. The molecule has 4 nitrogen and oxygen atoms in total. The average molecular weight is 152 g/mol. The number of hydrogen-bond donors (Lipinski definition) is 3. The van der Waals surface area contributed by atoms with Crippen molar-refractivity contribution in [3.05, 3.63) is 0 Å². The molecule has 0 aromatic heterocycles. The summed E-state index contributed by atoms with van der Waals surface area (Å²) in [4.78, 5) is 2.00. The molecule has 0 spiro atoms. The molecule has 0 rings (SSSR count). The normalized spacial score (nSPS) is 6.00. The lowest BCUT2D eigenvalue weighted by atomic mass is 11.0. The van der Waals surface area contributed by atoms with Crippen LogP contribution < -0.4 is 17.2 Å². The Morgan fingerprint density at radius 2 is 1.00 bits per heavy atom. The van der Waals surface area contributed by atoms with Crippen molar-refractivity contribution >= 4 is 0 Å². The molecule has 0 aromatic carbocycles. The maximum Gasteiger partial charge on any atom is -0.0140 e. The Balaban J connectivity index is -0.0000000273. The molecule has 6 N–H and O–H groups in total. The predicted octanol–water partition coefficient (Wildman–Crippen LogP) is -0.250. The lowest BCUT2D eigenvalue weighted by molar-refractivity contribution is 0.505. The summed E-state index contributed by atoms with van der Waals surface area (Å²) in [5, 5.41) is 2.75. The van der Waals surface area contributed by atoms with Crippen molar-refractivity contribution in [3.63, 3.8) is 0 Å². The van der Waals surface area contributed by atoms with E-state index in [0.29, 0.717) is 0 Å². The van der Waals surface area contributed by atoms with Crippen LogP contribution in [0.1, 0.15) is 0 Å². The summed E-state index contributed by atoms with van der Waals surface area (Å²) >= 11 is 0. The lowest BCUT2D eigenvalue weighted by Gasteiger charge is -1.90. The van der Waals surface area contributed by atoms with Crippen LogP contribution in [0.5, 0.6) is 0 Å². The van der Waals surface area contributed by atoms with Gasteiger partial charge in [-0.05, 0) is 42.3 Å². The van der Waals surface area contributed by atoms with E-state index in [4.69, 9.17) is 0 Å². The van der Waals surface area contributed by atoms with Crippen LogP contribution in [0, 0.1) is 0 Å². The van der Waals surface area contributed by atoms with Crippen LogP contribution >= 0.6 is 0 Å². The fourth-order valence-corrected chi connectivity index (χ4v) is 0. The van der Waals surface area contributed by atoms with Crippen LogP contribution in [-0.4, -0.2) is 47.2 Å². The number of nitrogens with two attached hydrogens (primary N) is 1. The van der Waals surface area contributed by atoms with Gasteiger partial charge in [0.2, 0.25) is 0 Å². The molecule has 0 unspecified atom stereocenters. The first-order valence-electron chi connectivity index (χ1n) is 2.92. The van der Waals surface area contributed by atoms with Gasteiger partial charge in [-0.2, -0.15) is 0 Å². The predicted molar refractivity (Wildman–Crippen MR) is 49.7 cm³/mol. The Hall–Kier alpha value is -0.160. The molecule has 10 heavy (non-hydrogen) atoms. The van der Waals surface area contributed by atoms with Gasteiger partial charge in [-0.15, -0.1) is 0 Å². The third-order valence-corrected chi connectivity index (χ3v) is 0. The Kier molecular flexibility index (Phi) is 83.1. The van der Waals surface area contributed by atoms with Crippen molar-refractivity contribution in [1.29, 1.82) is 0 Å². The Morgan fingerprint density at radius 3 is 1.00 bits per heavy atom. The van der Waals surface area contributed by atoms with Gasteiger partial charge in [0.05, 0.1) is 0 Å². The zero-order chi connectivity index (χ0) is 8.28. The molecule has 0 aliphatic carbocycles. The molecule has 4 heteroatoms. The van der Waals surface area contributed by atoms with E-state index in [2.05, 4.69) is 11.1 Å². The molecule has 0 saturated heterocycles. The van der Waals surface area contributed by atoms with Gasteiger partial charge >= 0.3 is 0 Å². The maximum absolute atomic E-state index is 4.50. The van der Waals surface area contributed by atoms with Crippen molar-refractivity contribution < 1.29 is 0 Å². The van der Waals surface area contributed by atoms with E-state index in [9.17, 15) is 0 Å². The van der Waals surface area contributed by atoms with E-state index in [1.54, 1.807) is 0 Å². The summed E-state index contributed by atoms with van der Waals surface area (Å²) < 4.78 is 0. The van der Waals surface area contributed by atoms with Crippen LogP contribution in [0.15, 0.2) is 0 Å². The van der Waals surface area contributed by atoms with Gasteiger partial charge in [-0.1, -0.05) is 0 Å². The van der Waals surface area contributed by atoms with Crippen LogP contribution in [-0.2, 0) is 0 Å². The molecule has 0 bridgehead atoms. The minimum absolute atomic E-state index is 0. The summed E-state index contributed by atoms with van der Waals surface area (Å²) in [7, 11) is 11.2. The smallest absolute Gasteiger partial charge is 0.0140 e. The topological polar surface area (TPSA) is 76.3 Å². The third kappa shape index (κ3) is 14300. The summed E-state index contributed by atoms with van der Waals surface area (Å²) in [6.45, 7) is 0. The lowest BCUT2D eigenvalue weighted by Crippen LogP contribution is -1.99. The van der Waals surface area contributed by atoms with Crippen LogP contribution in [0.25, 0.3) is 0 Å². The van der Waals surface area contributed by atoms with Gasteiger partial charge in [-0.3, -0.25) is 0 Å². The molecule has 0 aliphatic heterocycles. The zero-order valence-corrected chi connectivity index (χ0v) is 8.23. The van der Waals surface area contributed by atoms with Gasteiger partial charge in [-0.25, -0.2) is 0 Å². The molecule has 0 aromatic rings. The first kappa shape index (κ1) is 22.5. The Bertz CT molecular complexity index is 21.0. The monoisotopic (exact) mass is 152 g/mol. The standard InChI is InChI=1S/C3H9N.C2H7N.CH5N.H3N/c1-4(2)3;1-3-2;1-2;/h1-3H3;3H,1-2H3;2H2,1H3;1H3. The van der Waals surface area contributed by atoms with Gasteiger partial charge in [0.25, 0.3) is 0 Å². The van der Waals surface area contributed by atoms with Crippen molar-refractivity contribution in [2.45, 2.75) is 0 Å². The highest BCUT2D eigenvalue weighted by atomic mass is 15.0. The van der Waals surface area contributed by atoms with E-state index in [1.165, 1.54) is 7.05 Å². The number of hydrogen-bond acceptors (Lipinski definition) is 4. The van der Waals surface area contributed by atoms with Crippen molar-refractivity contribution in [1.82, 2.24) is 16.4 Å². The Morgan fingerprint density at radius 1 is 1.00 bits per heavy atom. The molecule has 0 radical (unpaired) electrons. The SMILES string of the molecule is CN.CN(C)C.CNC.N. The van der Waals surface area contributed by atoms with Crippen LogP contribution in [0.4, 0.5) is 0 Å². The molecule has 0 fully saturated rings. The zero-order valence-electron chi connectivity index (χ0n) is 8.23. The first-order chi connectivity index (χ1) is 4.15. The second kappa shape index (κ2) is 36.8. The maximum atomic E-state index is 4.50. The summed E-state index contributed by atoms with van der Waals surface area (Å²) in [6.07, 6.45) is 0. The Labute approximate surface area is 65.4 Å². The highest BCUT2D eigenvalue weighted by Gasteiger charge is 1.58. The van der Waals surface area contributed by atoms with E-state index >= 15 is 0 Å². The summed E-state index contributed by atoms with van der Waals surface area (Å²) in [6, 6.07) is 0. The van der Waals surface area contributed by atoms with Crippen LogP contribution in [0.3, 0.4) is 0 Å². The molecule has 0 amide bonds. The molecule has 0 heterocycles. The largest absolute Gasteiger partial charge is 0.344 e. The van der Waals surface area contributed by atoms with Gasteiger partial charge in [0.15, 0.2) is 0 Å². The highest BCUT2D eigenvalue weighted by molar-refractivity contribution is 4.09. The fourth-order valence-electron chi connectivity index (χ4n) is 0. The van der Waals surface area contributed by atoms with Crippen LogP contribution in [0.2, 0.25) is 0 Å². The van der Waals surface area contributed by atoms with E-state index < -0.39 is 0 Å². The molecular weight excluding hydrogens is 128 g/mol. The summed E-state index contributed by atoms with van der Waals surface area (Å²) in [5.74, 6) is 0. The van der Waals surface area contributed by atoms with Crippen molar-refractivity contribution in [3.8, 4) is 0 Å². The molecule has 0 atom stereocenters. The van der Waals surface area contributed by atoms with Gasteiger partial charge < -0.3 is 22.1 Å². The summed E-state index contributed by atoms with van der Waals surface area (Å²) in [5.41, 5.74) is 4.50. The number of nitrogens with zero attached hydrogens (tertiary/aromatic N) is 1. The quantitative estimate of drug-likeness (QED) is 0.447. The van der Waals surface area contributed by atoms with Crippen molar-refractivity contribution in [2.75, 3.05) is 42.3 Å². The molecule has 68 valence electrons. The van der Waals surface area contributed by atoms with Crippen molar-refractivity contribution in [2.24, 2.45) is 5.73 Å². The first-order valence-corrected chi connectivity index (χ1v) is 2.92. The van der Waals surface area contributed by atoms with Gasteiger partial charge in [0.1, 0.15) is 0 Å². The molecule has 0 aliphatic rings. The number of rotatable bonds is 0. The average Bonchev–Trinajstić information content (AvgIpc) is 1.71. The highest BCUT2D eigenvalue weighted by Crippen LogP contribution is 1.47. The molecule has 0 saturated carbocycles. The number of nitrogens with one attached hydrogen (secondary N) is 1. The van der Waals surface area contributed by atoms with E-state index in [0.717, 1.165) is 0 Å². The molecular formula is C6H24N4. The third-order valence-electron chi connectivity index (χ3n) is 0. The minimum atomic E-state index is 0. The second-order valence-corrected chi connectivity index (χ2v) is 1.84. The van der Waals surface area contributed by atoms with E-state index in [-0.39, 0.29) is 6.15 Å². The van der Waals surface area contributed by atoms with Gasteiger partial charge in [0, 0.05) is 0 Å². The second-order valence-electron chi connectivity index (χ2n) is 1.84.